The Kier molecular flexibility index (Phi) is 4.77. The van der Waals surface area contributed by atoms with Crippen molar-refractivity contribution < 1.29 is 14.5 Å². The molecule has 0 heterocycles. The molecule has 0 aromatic heterocycles. The van der Waals surface area contributed by atoms with E-state index in [-0.39, 0.29) is 17.2 Å². The normalized spacial score (nSPS) is 10.2. The van der Waals surface area contributed by atoms with Crippen molar-refractivity contribution in [1.82, 2.24) is 0 Å². The fourth-order valence-electron chi connectivity index (χ4n) is 1.70. The van der Waals surface area contributed by atoms with E-state index >= 15 is 0 Å². The molecule has 0 spiro atoms. The van der Waals surface area contributed by atoms with Crippen molar-refractivity contribution in [2.75, 3.05) is 0 Å². The van der Waals surface area contributed by atoms with Gasteiger partial charge in [-0.1, -0.05) is 47.5 Å². The van der Waals surface area contributed by atoms with E-state index in [4.69, 9.17) is 27.9 Å². The maximum atomic E-state index is 12.0. The summed E-state index contributed by atoms with van der Waals surface area (Å²) in [5.74, 6) is -0.830. The Morgan fingerprint density at radius 1 is 1.10 bits per heavy atom. The van der Waals surface area contributed by atoms with Gasteiger partial charge >= 0.3 is 11.7 Å². The summed E-state index contributed by atoms with van der Waals surface area (Å²) in [7, 11) is 0. The van der Waals surface area contributed by atoms with Crippen molar-refractivity contribution in [3.8, 4) is 0 Å². The zero-order valence-corrected chi connectivity index (χ0v) is 12.1. The zero-order valence-electron chi connectivity index (χ0n) is 10.6. The molecule has 7 heteroatoms. The standard InChI is InChI=1S/C14H9Cl2NO4/c15-11-6-2-1-4-9(11)8-21-14(18)10-5-3-7-12(16)13(10)17(19)20/h1-7H,8H2. The van der Waals surface area contributed by atoms with Crippen LogP contribution in [0, 0.1) is 10.1 Å². The third kappa shape index (κ3) is 3.51. The molecule has 5 nitrogen and oxygen atoms in total. The summed E-state index contributed by atoms with van der Waals surface area (Å²) < 4.78 is 5.05. The number of hydrogen-bond donors (Lipinski definition) is 0. The van der Waals surface area contributed by atoms with Crippen LogP contribution in [0.5, 0.6) is 0 Å². The van der Waals surface area contributed by atoms with Gasteiger partial charge in [0.1, 0.15) is 17.2 Å². The molecule has 0 atom stereocenters. The van der Waals surface area contributed by atoms with Crippen molar-refractivity contribution in [2.45, 2.75) is 6.61 Å². The first-order chi connectivity index (χ1) is 10.0. The molecule has 0 bridgehead atoms. The van der Waals surface area contributed by atoms with Crippen LogP contribution < -0.4 is 0 Å². The summed E-state index contributed by atoms with van der Waals surface area (Å²) in [5, 5.41) is 11.3. The maximum absolute atomic E-state index is 12.0. The van der Waals surface area contributed by atoms with Gasteiger partial charge < -0.3 is 4.74 Å². The van der Waals surface area contributed by atoms with Crippen LogP contribution in [0.3, 0.4) is 0 Å². The van der Waals surface area contributed by atoms with E-state index in [1.807, 2.05) is 0 Å². The molecule has 2 aromatic rings. The Morgan fingerprint density at radius 2 is 1.76 bits per heavy atom. The summed E-state index contributed by atoms with van der Waals surface area (Å²) in [6, 6.07) is 10.9. The summed E-state index contributed by atoms with van der Waals surface area (Å²) in [5.41, 5.74) is -0.0555. The van der Waals surface area contributed by atoms with Crippen LogP contribution in [-0.4, -0.2) is 10.9 Å². The number of nitrogens with zero attached hydrogens (tertiary/aromatic N) is 1. The van der Waals surface area contributed by atoms with Gasteiger partial charge in [0.15, 0.2) is 0 Å². The Labute approximate surface area is 130 Å². The van der Waals surface area contributed by atoms with Crippen LogP contribution in [0.2, 0.25) is 10.0 Å². The Bertz CT molecular complexity index is 703. The quantitative estimate of drug-likeness (QED) is 0.478. The fourth-order valence-corrected chi connectivity index (χ4v) is 2.14. The largest absolute Gasteiger partial charge is 0.457 e. The van der Waals surface area contributed by atoms with E-state index in [9.17, 15) is 14.9 Å². The van der Waals surface area contributed by atoms with Gasteiger partial charge in [-0.2, -0.15) is 0 Å². The second-order valence-corrected chi connectivity index (χ2v) is 4.88. The molecule has 21 heavy (non-hydrogen) atoms. The van der Waals surface area contributed by atoms with Crippen LogP contribution in [-0.2, 0) is 11.3 Å². The molecule has 0 unspecified atom stereocenters. The number of hydrogen-bond acceptors (Lipinski definition) is 4. The number of nitro benzene ring substituents is 1. The SMILES string of the molecule is O=C(OCc1ccccc1Cl)c1cccc(Cl)c1[N+](=O)[O-]. The summed E-state index contributed by atoms with van der Waals surface area (Å²) in [4.78, 5) is 22.2. The van der Waals surface area contributed by atoms with Gasteiger partial charge in [0, 0.05) is 10.6 Å². The highest BCUT2D eigenvalue weighted by molar-refractivity contribution is 6.33. The van der Waals surface area contributed by atoms with Crippen molar-refractivity contribution in [3.05, 3.63) is 73.8 Å². The molecule has 0 N–H and O–H groups in total. The zero-order chi connectivity index (χ0) is 15.4. The Balaban J connectivity index is 2.20. The van der Waals surface area contributed by atoms with Gasteiger partial charge in [-0.25, -0.2) is 4.79 Å². The van der Waals surface area contributed by atoms with Crippen molar-refractivity contribution >= 4 is 34.9 Å². The molecule has 2 aromatic carbocycles. The van der Waals surface area contributed by atoms with Gasteiger partial charge in [-0.05, 0) is 18.2 Å². The minimum Gasteiger partial charge on any atom is -0.457 e. The van der Waals surface area contributed by atoms with Crippen LogP contribution in [0.4, 0.5) is 5.69 Å². The van der Waals surface area contributed by atoms with Gasteiger partial charge in [-0.3, -0.25) is 10.1 Å². The molecule has 0 aliphatic carbocycles. The molecule has 0 amide bonds. The average molecular weight is 326 g/mol. The molecule has 0 aliphatic heterocycles. The molecular formula is C14H9Cl2NO4. The molecule has 0 saturated heterocycles. The van der Waals surface area contributed by atoms with E-state index in [1.165, 1.54) is 18.2 Å². The van der Waals surface area contributed by atoms with E-state index in [2.05, 4.69) is 0 Å². The molecule has 108 valence electrons. The lowest BCUT2D eigenvalue weighted by atomic mass is 10.2. The monoisotopic (exact) mass is 325 g/mol. The minimum atomic E-state index is -0.830. The van der Waals surface area contributed by atoms with Crippen molar-refractivity contribution in [3.63, 3.8) is 0 Å². The number of nitro groups is 1. The molecular weight excluding hydrogens is 317 g/mol. The topological polar surface area (TPSA) is 69.4 Å². The van der Waals surface area contributed by atoms with Gasteiger partial charge in [-0.15, -0.1) is 0 Å². The van der Waals surface area contributed by atoms with Crippen LogP contribution in [0.25, 0.3) is 0 Å². The van der Waals surface area contributed by atoms with Gasteiger partial charge in [0.25, 0.3) is 0 Å². The molecule has 0 saturated carbocycles. The van der Waals surface area contributed by atoms with Crippen LogP contribution >= 0.6 is 23.2 Å². The summed E-state index contributed by atoms with van der Waals surface area (Å²) >= 11 is 11.7. The fraction of sp³-hybridized carbons (Fsp3) is 0.0714. The highest BCUT2D eigenvalue weighted by atomic mass is 35.5. The Morgan fingerprint density at radius 3 is 2.43 bits per heavy atom. The number of ether oxygens (including phenoxy) is 1. The lowest BCUT2D eigenvalue weighted by Gasteiger charge is -2.07. The first kappa shape index (κ1) is 15.3. The third-order valence-corrected chi connectivity index (χ3v) is 3.38. The highest BCUT2D eigenvalue weighted by Gasteiger charge is 2.24. The third-order valence-electron chi connectivity index (χ3n) is 2.71. The van der Waals surface area contributed by atoms with Gasteiger partial charge in [0.05, 0.1) is 4.92 Å². The summed E-state index contributed by atoms with van der Waals surface area (Å²) in [6.07, 6.45) is 0. The van der Waals surface area contributed by atoms with E-state index in [1.54, 1.807) is 24.3 Å². The number of rotatable bonds is 4. The number of benzene rings is 2. The lowest BCUT2D eigenvalue weighted by molar-refractivity contribution is -0.385. The first-order valence-electron chi connectivity index (χ1n) is 5.84. The average Bonchev–Trinajstić information content (AvgIpc) is 2.45. The second kappa shape index (κ2) is 6.56. The number of carbonyl (C=O) groups is 1. The lowest BCUT2D eigenvalue weighted by Crippen LogP contribution is -2.08. The first-order valence-corrected chi connectivity index (χ1v) is 6.59. The van der Waals surface area contributed by atoms with Crippen molar-refractivity contribution in [2.24, 2.45) is 0 Å². The highest BCUT2D eigenvalue weighted by Crippen LogP contribution is 2.29. The van der Waals surface area contributed by atoms with E-state index in [0.29, 0.717) is 10.6 Å². The second-order valence-electron chi connectivity index (χ2n) is 4.06. The minimum absolute atomic E-state index is 0.0812. The van der Waals surface area contributed by atoms with Crippen molar-refractivity contribution in [1.29, 1.82) is 0 Å². The number of para-hydroxylation sites is 1. The number of carbonyl (C=O) groups excluding carboxylic acids is 1. The maximum Gasteiger partial charge on any atom is 0.345 e. The predicted octanol–water partition coefficient (Wildman–Crippen LogP) is 4.26. The van der Waals surface area contributed by atoms with E-state index < -0.39 is 16.6 Å². The predicted molar refractivity (Wildman–Crippen MR) is 78.7 cm³/mol. The smallest absolute Gasteiger partial charge is 0.345 e. The van der Waals surface area contributed by atoms with Crippen LogP contribution in [0.1, 0.15) is 15.9 Å². The molecule has 0 aliphatic rings. The van der Waals surface area contributed by atoms with E-state index in [0.717, 1.165) is 0 Å². The summed E-state index contributed by atoms with van der Waals surface area (Å²) in [6.45, 7) is -0.0812. The molecule has 0 radical (unpaired) electrons. The number of halogens is 2. The van der Waals surface area contributed by atoms with Gasteiger partial charge in [0.2, 0.25) is 0 Å². The molecule has 0 fully saturated rings. The molecule has 2 rings (SSSR count). The number of esters is 1. The Hall–Kier alpha value is -2.11. The van der Waals surface area contributed by atoms with Crippen LogP contribution in [0.15, 0.2) is 42.5 Å².